The minimum Gasteiger partial charge on any atom is -0.497 e. The third kappa shape index (κ3) is 5.31. The lowest BCUT2D eigenvalue weighted by Crippen LogP contribution is -2.69. The first-order valence-electron chi connectivity index (χ1n) is 10.3. The molecule has 1 fully saturated rings. The lowest BCUT2D eigenvalue weighted by atomic mass is 9.56. The average Bonchev–Trinajstić information content (AvgIpc) is 3.07. The monoisotopic (exact) mass is 542 g/mol. The number of nitrogens with zero attached hydrogens (tertiary/aromatic N) is 4. The van der Waals surface area contributed by atoms with Gasteiger partial charge in [0.2, 0.25) is 0 Å². The molecule has 0 aliphatic heterocycles. The van der Waals surface area contributed by atoms with E-state index in [1.807, 2.05) is 42.8 Å². The highest BCUT2D eigenvalue weighted by molar-refractivity contribution is 14.0. The van der Waals surface area contributed by atoms with Gasteiger partial charge >= 0.3 is 0 Å². The normalized spacial score (nSPS) is 22.3. The number of aliphatic imine (C=N–C) groups is 1. The highest BCUT2D eigenvalue weighted by atomic mass is 127. The van der Waals surface area contributed by atoms with Crippen molar-refractivity contribution in [3.63, 3.8) is 0 Å². The van der Waals surface area contributed by atoms with E-state index in [2.05, 4.69) is 41.6 Å². The first-order valence-corrected chi connectivity index (χ1v) is 10.3. The molecular weight excluding hydrogens is 507 g/mol. The number of aromatic nitrogens is 3. The highest BCUT2D eigenvalue weighted by Crippen LogP contribution is 2.51. The Morgan fingerprint density at radius 3 is 2.39 bits per heavy atom. The number of aryl methyl sites for hydroxylation is 1. The van der Waals surface area contributed by atoms with Crippen molar-refractivity contribution in [1.29, 1.82) is 0 Å². The molecule has 0 spiro atoms. The standard InChI is InChI=1S/C22H34N6O2.HI/c1-15-26-27-19(28(15)5)14-24-20(23-13-16-8-10-17(29-6)11-9-16)25-18-12-22(4,30-7)21(18,2)3;/h8-11,18H,12-14H2,1-7H3,(H2,23,24,25);1H. The van der Waals surface area contributed by atoms with Gasteiger partial charge in [0.15, 0.2) is 11.8 Å². The Bertz CT molecular complexity index is 896. The summed E-state index contributed by atoms with van der Waals surface area (Å²) in [6, 6.07) is 8.22. The van der Waals surface area contributed by atoms with Crippen molar-refractivity contribution in [3.05, 3.63) is 41.5 Å². The number of hydrogen-bond acceptors (Lipinski definition) is 5. The van der Waals surface area contributed by atoms with E-state index in [1.165, 1.54) is 0 Å². The maximum atomic E-state index is 5.77. The molecule has 3 rings (SSSR count). The van der Waals surface area contributed by atoms with Gasteiger partial charge in [0.05, 0.1) is 25.8 Å². The van der Waals surface area contributed by atoms with Gasteiger partial charge in [0.1, 0.15) is 11.6 Å². The molecule has 8 nitrogen and oxygen atoms in total. The second-order valence-electron chi connectivity index (χ2n) is 8.65. The topological polar surface area (TPSA) is 85.6 Å². The van der Waals surface area contributed by atoms with Crippen molar-refractivity contribution < 1.29 is 9.47 Å². The molecule has 2 N–H and O–H groups in total. The summed E-state index contributed by atoms with van der Waals surface area (Å²) in [6.07, 6.45) is 0.919. The highest BCUT2D eigenvalue weighted by Gasteiger charge is 2.58. The lowest BCUT2D eigenvalue weighted by molar-refractivity contribution is -0.176. The van der Waals surface area contributed by atoms with E-state index >= 15 is 0 Å². The minimum absolute atomic E-state index is 0. The molecule has 172 valence electrons. The summed E-state index contributed by atoms with van der Waals surface area (Å²) < 4.78 is 13.0. The average molecular weight is 542 g/mol. The Labute approximate surface area is 202 Å². The summed E-state index contributed by atoms with van der Waals surface area (Å²) in [6.45, 7) is 9.66. The first kappa shape index (κ1) is 25.4. The van der Waals surface area contributed by atoms with Crippen LogP contribution in [0.5, 0.6) is 5.75 Å². The van der Waals surface area contributed by atoms with Crippen molar-refractivity contribution in [2.45, 2.75) is 58.8 Å². The first-order chi connectivity index (χ1) is 14.2. The summed E-state index contributed by atoms with van der Waals surface area (Å²) in [5.41, 5.74) is 0.944. The predicted molar refractivity (Wildman–Crippen MR) is 133 cm³/mol. The van der Waals surface area contributed by atoms with Gasteiger partial charge in [-0.25, -0.2) is 4.99 Å². The second kappa shape index (κ2) is 10.2. The summed E-state index contributed by atoms with van der Waals surface area (Å²) in [5.74, 6) is 3.34. The Balaban J connectivity index is 0.00000341. The number of benzene rings is 1. The van der Waals surface area contributed by atoms with Crippen LogP contribution in [0.3, 0.4) is 0 Å². The van der Waals surface area contributed by atoms with Crippen LogP contribution in [-0.4, -0.2) is 46.6 Å². The lowest BCUT2D eigenvalue weighted by Gasteiger charge is -2.59. The molecule has 0 bridgehead atoms. The van der Waals surface area contributed by atoms with Gasteiger partial charge in [-0.3, -0.25) is 0 Å². The van der Waals surface area contributed by atoms with Gasteiger partial charge < -0.3 is 24.7 Å². The zero-order valence-electron chi connectivity index (χ0n) is 19.5. The fraction of sp³-hybridized carbons (Fsp3) is 0.591. The van der Waals surface area contributed by atoms with Crippen LogP contribution in [0.25, 0.3) is 0 Å². The fourth-order valence-electron chi connectivity index (χ4n) is 3.71. The molecule has 2 aromatic rings. The van der Waals surface area contributed by atoms with Crippen LogP contribution >= 0.6 is 24.0 Å². The maximum Gasteiger partial charge on any atom is 0.192 e. The van der Waals surface area contributed by atoms with Gasteiger partial charge in [-0.15, -0.1) is 34.2 Å². The van der Waals surface area contributed by atoms with Crippen LogP contribution < -0.4 is 15.4 Å². The zero-order valence-corrected chi connectivity index (χ0v) is 21.9. The van der Waals surface area contributed by atoms with E-state index in [1.54, 1.807) is 14.2 Å². The quantitative estimate of drug-likeness (QED) is 0.318. The molecule has 1 heterocycles. The molecule has 9 heteroatoms. The number of methoxy groups -OCH3 is 2. The Morgan fingerprint density at radius 2 is 1.87 bits per heavy atom. The van der Waals surface area contributed by atoms with E-state index in [4.69, 9.17) is 14.5 Å². The molecule has 1 aromatic carbocycles. The molecule has 2 unspecified atom stereocenters. The summed E-state index contributed by atoms with van der Waals surface area (Å²) >= 11 is 0. The van der Waals surface area contributed by atoms with Crippen LogP contribution in [-0.2, 0) is 24.9 Å². The molecule has 31 heavy (non-hydrogen) atoms. The predicted octanol–water partition coefficient (Wildman–Crippen LogP) is 3.19. The molecule has 0 amide bonds. The van der Waals surface area contributed by atoms with Crippen molar-refractivity contribution >= 4 is 29.9 Å². The van der Waals surface area contributed by atoms with Crippen molar-refractivity contribution in [3.8, 4) is 5.75 Å². The summed E-state index contributed by atoms with van der Waals surface area (Å²) in [5, 5.41) is 15.4. The molecule has 1 aromatic heterocycles. The number of halogens is 1. The third-order valence-corrected chi connectivity index (χ3v) is 6.76. The maximum absolute atomic E-state index is 5.77. The van der Waals surface area contributed by atoms with E-state index < -0.39 is 0 Å². The van der Waals surface area contributed by atoms with Crippen molar-refractivity contribution in [1.82, 2.24) is 25.4 Å². The SMILES string of the molecule is COc1ccc(CN=C(NCc2nnc(C)n2C)NC2CC(C)(OC)C2(C)C)cc1.I. The summed E-state index contributed by atoms with van der Waals surface area (Å²) in [4.78, 5) is 4.82. The molecule has 0 saturated heterocycles. The van der Waals surface area contributed by atoms with Crippen molar-refractivity contribution in [2.24, 2.45) is 17.5 Å². The number of guanidine groups is 1. The van der Waals surface area contributed by atoms with Crippen LogP contribution in [0.4, 0.5) is 0 Å². The second-order valence-corrected chi connectivity index (χ2v) is 8.65. The third-order valence-electron chi connectivity index (χ3n) is 6.76. The van der Waals surface area contributed by atoms with Crippen LogP contribution in [0.2, 0.25) is 0 Å². The van der Waals surface area contributed by atoms with Crippen molar-refractivity contribution in [2.75, 3.05) is 14.2 Å². The number of rotatable bonds is 7. The number of ether oxygens (including phenoxy) is 2. The number of nitrogens with one attached hydrogen (secondary N) is 2. The molecule has 1 saturated carbocycles. The molecule has 1 aliphatic rings. The van der Waals surface area contributed by atoms with Gasteiger partial charge in [-0.05, 0) is 38.0 Å². The van der Waals surface area contributed by atoms with Crippen LogP contribution in [0.15, 0.2) is 29.3 Å². The van der Waals surface area contributed by atoms with Crippen LogP contribution in [0.1, 0.15) is 44.4 Å². The van der Waals surface area contributed by atoms with Gasteiger partial charge in [0.25, 0.3) is 0 Å². The Kier molecular flexibility index (Phi) is 8.32. The molecule has 1 aliphatic carbocycles. The van der Waals surface area contributed by atoms with Gasteiger partial charge in [-0.1, -0.05) is 26.0 Å². The Hall–Kier alpha value is -1.88. The Morgan fingerprint density at radius 1 is 1.19 bits per heavy atom. The summed E-state index contributed by atoms with van der Waals surface area (Å²) in [7, 11) is 5.42. The molecular formula is C22H35IN6O2. The molecule has 2 atom stereocenters. The molecule has 0 radical (unpaired) electrons. The van der Waals surface area contributed by atoms with Gasteiger partial charge in [0, 0.05) is 25.6 Å². The minimum atomic E-state index is -0.146. The largest absolute Gasteiger partial charge is 0.497 e. The van der Waals surface area contributed by atoms with E-state index in [9.17, 15) is 0 Å². The zero-order chi connectivity index (χ0) is 21.9. The number of hydrogen-bond donors (Lipinski definition) is 2. The van der Waals surface area contributed by atoms with E-state index in [-0.39, 0.29) is 41.0 Å². The van der Waals surface area contributed by atoms with E-state index in [0.29, 0.717) is 13.1 Å². The van der Waals surface area contributed by atoms with Crippen LogP contribution in [0, 0.1) is 12.3 Å². The smallest absolute Gasteiger partial charge is 0.192 e. The fourth-order valence-corrected chi connectivity index (χ4v) is 3.71. The van der Waals surface area contributed by atoms with Gasteiger partial charge in [-0.2, -0.15) is 0 Å². The van der Waals surface area contributed by atoms with E-state index in [0.717, 1.165) is 35.3 Å².